The summed E-state index contributed by atoms with van der Waals surface area (Å²) in [5.74, 6) is 0. The van der Waals surface area contributed by atoms with Crippen molar-refractivity contribution in [1.82, 2.24) is 0 Å². The van der Waals surface area contributed by atoms with Gasteiger partial charge in [-0.25, -0.2) is 12.2 Å². The molecule has 0 aromatic heterocycles. The van der Waals surface area contributed by atoms with E-state index in [1.165, 1.54) is 6.08 Å². The zero-order valence-electron chi connectivity index (χ0n) is 4.85. The first-order valence-corrected chi connectivity index (χ1v) is 9.79. The third-order valence-electron chi connectivity index (χ3n) is 0.304. The quantitative estimate of drug-likeness (QED) is 0.387. The molecule has 0 bridgehead atoms. The Morgan fingerprint density at radius 1 is 1.33 bits per heavy atom. The van der Waals surface area contributed by atoms with E-state index in [1.807, 2.05) is 13.0 Å². The van der Waals surface area contributed by atoms with Crippen molar-refractivity contribution in [2.24, 2.45) is 0 Å². The van der Waals surface area contributed by atoms with Crippen LogP contribution >= 0.6 is 28.3 Å². The Bertz CT molecular complexity index is 77.5. The first-order valence-electron chi connectivity index (χ1n) is 2.04. The fraction of sp³-hybridized carbons (Fsp3) is 0.200. The molecule has 0 N–H and O–H groups in total. The fourth-order valence-corrected chi connectivity index (χ4v) is 0.111. The summed E-state index contributed by atoms with van der Waals surface area (Å²) in [7, 11) is 14.9. The van der Waals surface area contributed by atoms with Crippen LogP contribution < -0.4 is 0 Å². The van der Waals surface area contributed by atoms with Crippen LogP contribution in [0.3, 0.4) is 0 Å². The first kappa shape index (κ1) is 12.7. The van der Waals surface area contributed by atoms with Gasteiger partial charge in [0.2, 0.25) is 0 Å². The summed E-state index contributed by atoms with van der Waals surface area (Å²) in [6, 6.07) is 0. The second-order valence-corrected chi connectivity index (χ2v) is 10.0. The molecule has 55 valence electrons. The monoisotopic (exact) mass is 270 g/mol. The average molecular weight is 269 g/mol. The van der Waals surface area contributed by atoms with Gasteiger partial charge < -0.3 is 0 Å². The number of rotatable bonds is 1. The molecule has 0 spiro atoms. The summed E-state index contributed by atoms with van der Waals surface area (Å²) in [4.78, 5) is 0. The van der Waals surface area contributed by atoms with Crippen molar-refractivity contribution in [3.63, 3.8) is 0 Å². The number of hydrogen-bond donors (Lipinski definition) is 0. The Balaban J connectivity index is 0. The number of hydrogen-bond acceptors (Lipinski definition) is 0. The van der Waals surface area contributed by atoms with Gasteiger partial charge in [-0.2, -0.15) is 6.08 Å². The van der Waals surface area contributed by atoms with E-state index in [2.05, 4.69) is 0 Å². The average Bonchev–Trinajstić information content (AvgIpc) is 1.66. The van der Waals surface area contributed by atoms with E-state index in [4.69, 9.17) is 34.8 Å². The summed E-state index contributed by atoms with van der Waals surface area (Å²) in [6.45, 7) is 6.85. The Kier molecular flexibility index (Phi) is 16.6. The molecule has 4 heteroatoms. The third kappa shape index (κ3) is 48.5. The van der Waals surface area contributed by atoms with Crippen molar-refractivity contribution in [2.75, 3.05) is 0 Å². The Morgan fingerprint density at radius 3 is 1.67 bits per heavy atom. The minimum absolute atomic E-state index is 1.50. The van der Waals surface area contributed by atoms with Crippen LogP contribution in [-0.4, -0.2) is 0 Å². The van der Waals surface area contributed by atoms with Gasteiger partial charge >= 0.3 is 42.4 Å². The maximum absolute atomic E-state index is 4.98. The molecule has 0 heterocycles. The molecule has 0 aromatic carbocycles. The summed E-state index contributed by atoms with van der Waals surface area (Å²) in [5.41, 5.74) is 0. The van der Waals surface area contributed by atoms with Crippen LogP contribution in [0.2, 0.25) is 0 Å². The van der Waals surface area contributed by atoms with Crippen LogP contribution in [0.15, 0.2) is 18.2 Å². The Labute approximate surface area is 73.8 Å². The standard InChI is InChI=1S/C5H7.3ClH.Mo/c1-3-5-4-2;;;;/h1,3-5H,2H3;3*1H;/q-1;;;;+3/p-3. The van der Waals surface area contributed by atoms with Crippen LogP contribution in [0.1, 0.15) is 6.92 Å². The van der Waals surface area contributed by atoms with Crippen molar-refractivity contribution in [3.05, 3.63) is 24.8 Å². The predicted molar refractivity (Wildman–Crippen MR) is 41.2 cm³/mol. The molecule has 0 saturated heterocycles. The molecule has 0 nitrogen and oxygen atoms in total. The van der Waals surface area contributed by atoms with Gasteiger partial charge in [-0.15, -0.1) is 0 Å². The van der Waals surface area contributed by atoms with Gasteiger partial charge in [0.25, 0.3) is 0 Å². The molecule has 0 atom stereocenters. The summed E-state index contributed by atoms with van der Waals surface area (Å²) in [5, 5.41) is 0. The van der Waals surface area contributed by atoms with Gasteiger partial charge in [0, 0.05) is 0 Å². The van der Waals surface area contributed by atoms with Crippen molar-refractivity contribution in [3.8, 4) is 0 Å². The second-order valence-electron chi connectivity index (χ2n) is 0.893. The fourth-order valence-electron chi connectivity index (χ4n) is 0.111. The topological polar surface area (TPSA) is 0 Å². The zero-order chi connectivity index (χ0) is 7.70. The van der Waals surface area contributed by atoms with Gasteiger partial charge in [-0.05, 0) is 0 Å². The number of allylic oxidation sites excluding steroid dienone is 3. The molecule has 0 fully saturated rings. The van der Waals surface area contributed by atoms with Gasteiger partial charge in [-0.1, -0.05) is 6.92 Å². The molecule has 0 rings (SSSR count). The summed E-state index contributed by atoms with van der Waals surface area (Å²) < 4.78 is 0. The van der Waals surface area contributed by atoms with Crippen molar-refractivity contribution >= 4 is 28.3 Å². The molecule has 0 aromatic rings. The zero-order valence-corrected chi connectivity index (χ0v) is 9.13. The third-order valence-corrected chi connectivity index (χ3v) is 0.304. The van der Waals surface area contributed by atoms with E-state index >= 15 is 0 Å². The molecular formula is C5H7Cl3Mo-. The van der Waals surface area contributed by atoms with E-state index in [-0.39, 0.29) is 0 Å². The van der Waals surface area contributed by atoms with Crippen LogP contribution in [-0.2, 0) is 14.2 Å². The van der Waals surface area contributed by atoms with Crippen molar-refractivity contribution in [2.45, 2.75) is 6.92 Å². The van der Waals surface area contributed by atoms with Crippen molar-refractivity contribution < 1.29 is 14.2 Å². The molecule has 0 unspecified atom stereocenters. The minimum atomic E-state index is -1.94. The molecule has 0 aliphatic rings. The van der Waals surface area contributed by atoms with Crippen LogP contribution in [0.25, 0.3) is 0 Å². The van der Waals surface area contributed by atoms with Crippen LogP contribution in [0, 0.1) is 6.58 Å². The van der Waals surface area contributed by atoms with E-state index in [1.54, 1.807) is 6.08 Å². The molecule has 9 heavy (non-hydrogen) atoms. The van der Waals surface area contributed by atoms with Gasteiger partial charge in [0.05, 0.1) is 0 Å². The Hall–Kier alpha value is 1.04. The van der Waals surface area contributed by atoms with Crippen LogP contribution in [0.4, 0.5) is 0 Å². The second kappa shape index (κ2) is 11.8. The first-order chi connectivity index (χ1) is 4.15. The van der Waals surface area contributed by atoms with E-state index in [0.717, 1.165) is 0 Å². The SMILES string of the molecule is [CH-]=CC=CC.[Cl][Mo]([Cl])[Cl]. The van der Waals surface area contributed by atoms with Crippen LogP contribution in [0.5, 0.6) is 0 Å². The molecule has 0 aliphatic carbocycles. The maximum atomic E-state index is 4.98. The summed E-state index contributed by atoms with van der Waals surface area (Å²) >= 11 is -1.94. The van der Waals surface area contributed by atoms with E-state index < -0.39 is 14.2 Å². The summed E-state index contributed by atoms with van der Waals surface area (Å²) in [6.07, 6.45) is 5.15. The predicted octanol–water partition coefficient (Wildman–Crippen LogP) is 3.62. The Morgan fingerprint density at radius 2 is 1.67 bits per heavy atom. The molecule has 0 saturated carbocycles. The van der Waals surface area contributed by atoms with Gasteiger partial charge in [0.1, 0.15) is 0 Å². The number of halogens is 3. The molecule has 0 aliphatic heterocycles. The van der Waals surface area contributed by atoms with Crippen molar-refractivity contribution in [1.29, 1.82) is 0 Å². The molecule has 0 radical (unpaired) electrons. The van der Waals surface area contributed by atoms with Gasteiger partial charge in [-0.3, -0.25) is 6.58 Å². The van der Waals surface area contributed by atoms with E-state index in [0.29, 0.717) is 0 Å². The normalized spacial score (nSPS) is 9.00. The molecular weight excluding hydrogens is 262 g/mol. The van der Waals surface area contributed by atoms with Gasteiger partial charge in [0.15, 0.2) is 0 Å². The van der Waals surface area contributed by atoms with E-state index in [9.17, 15) is 0 Å². The molecule has 0 amide bonds.